The van der Waals surface area contributed by atoms with E-state index in [0.29, 0.717) is 42.3 Å². The van der Waals surface area contributed by atoms with Crippen LogP contribution in [0.2, 0.25) is 0 Å². The highest BCUT2D eigenvalue weighted by atomic mass is 16.5. The van der Waals surface area contributed by atoms with Gasteiger partial charge in [0.25, 0.3) is 11.5 Å². The molecule has 8 heteroatoms. The smallest absolute Gasteiger partial charge is 0.259 e. The van der Waals surface area contributed by atoms with Gasteiger partial charge < -0.3 is 9.42 Å². The van der Waals surface area contributed by atoms with Crippen molar-refractivity contribution >= 4 is 11.6 Å². The van der Waals surface area contributed by atoms with Crippen LogP contribution in [0.15, 0.2) is 39.8 Å². The van der Waals surface area contributed by atoms with Gasteiger partial charge in [0.05, 0.1) is 11.4 Å². The lowest BCUT2D eigenvalue weighted by atomic mass is 10.0. The van der Waals surface area contributed by atoms with Gasteiger partial charge in [-0.3, -0.25) is 18.9 Å². The predicted molar refractivity (Wildman–Crippen MR) is 108 cm³/mol. The number of piperazine rings is 1. The number of fused-ring (bicyclic) bond motifs is 1. The second kappa shape index (κ2) is 7.79. The number of pyridine rings is 1. The average molecular weight is 395 g/mol. The molecular weight excluding hydrogens is 370 g/mol. The zero-order valence-electron chi connectivity index (χ0n) is 17.0. The quantitative estimate of drug-likeness (QED) is 0.672. The maximum atomic E-state index is 13.0. The minimum Gasteiger partial charge on any atom is -0.360 e. The van der Waals surface area contributed by atoms with E-state index in [4.69, 9.17) is 4.52 Å². The van der Waals surface area contributed by atoms with E-state index >= 15 is 0 Å². The van der Waals surface area contributed by atoms with Crippen LogP contribution in [0.25, 0.3) is 5.65 Å². The molecule has 0 spiro atoms. The topological polar surface area (TPSA) is 84.0 Å². The number of rotatable bonds is 4. The van der Waals surface area contributed by atoms with Crippen LogP contribution in [-0.4, -0.2) is 56.4 Å². The van der Waals surface area contributed by atoms with Crippen molar-refractivity contribution in [3.05, 3.63) is 63.5 Å². The molecule has 4 rings (SSSR count). The highest BCUT2D eigenvalue weighted by molar-refractivity contribution is 5.96. The molecule has 8 nitrogen and oxygen atoms in total. The van der Waals surface area contributed by atoms with Crippen LogP contribution in [0.1, 0.15) is 47.3 Å². The van der Waals surface area contributed by atoms with Crippen molar-refractivity contribution in [1.82, 2.24) is 24.3 Å². The Kier molecular flexibility index (Phi) is 5.19. The van der Waals surface area contributed by atoms with Gasteiger partial charge in [-0.2, -0.15) is 0 Å². The van der Waals surface area contributed by atoms with E-state index < -0.39 is 0 Å². The number of hydrogen-bond acceptors (Lipinski definition) is 6. The lowest BCUT2D eigenvalue weighted by Gasteiger charge is -2.34. The summed E-state index contributed by atoms with van der Waals surface area (Å²) < 4.78 is 6.90. The van der Waals surface area contributed by atoms with E-state index in [1.165, 1.54) is 4.40 Å². The van der Waals surface area contributed by atoms with Crippen molar-refractivity contribution in [2.45, 2.75) is 33.2 Å². The number of hydrogen-bond donors (Lipinski definition) is 0. The molecule has 1 fully saturated rings. The molecule has 4 heterocycles. The Hall–Kier alpha value is -3.00. The molecule has 1 amide bonds. The summed E-state index contributed by atoms with van der Waals surface area (Å²) >= 11 is 0. The van der Waals surface area contributed by atoms with Crippen LogP contribution in [0, 0.1) is 6.92 Å². The van der Waals surface area contributed by atoms with Crippen molar-refractivity contribution in [3.8, 4) is 0 Å². The number of nitrogens with zero attached hydrogens (tertiary/aromatic N) is 5. The fourth-order valence-corrected chi connectivity index (χ4v) is 3.72. The van der Waals surface area contributed by atoms with Crippen LogP contribution in [-0.2, 0) is 6.54 Å². The van der Waals surface area contributed by atoms with Crippen LogP contribution in [0.5, 0.6) is 0 Å². The summed E-state index contributed by atoms with van der Waals surface area (Å²) in [5.74, 6) is 0.736. The lowest BCUT2D eigenvalue weighted by Crippen LogP contribution is -2.48. The van der Waals surface area contributed by atoms with Gasteiger partial charge in [-0.05, 0) is 19.1 Å². The minimum atomic E-state index is -0.0800. The highest BCUT2D eigenvalue weighted by Gasteiger charge is 2.29. The van der Waals surface area contributed by atoms with Crippen molar-refractivity contribution in [3.63, 3.8) is 0 Å². The van der Waals surface area contributed by atoms with Crippen LogP contribution in [0.3, 0.4) is 0 Å². The molecule has 29 heavy (non-hydrogen) atoms. The van der Waals surface area contributed by atoms with E-state index in [-0.39, 0.29) is 17.4 Å². The number of carbonyl (C=O) groups is 1. The zero-order valence-corrected chi connectivity index (χ0v) is 17.0. The molecule has 0 aliphatic carbocycles. The summed E-state index contributed by atoms with van der Waals surface area (Å²) in [6, 6.07) is 7.09. The number of carbonyl (C=O) groups excluding carboxylic acids is 1. The molecule has 152 valence electrons. The standard InChI is InChI=1S/C21H25N5O3/c1-14(2)20-19(15(3)23-29-20)21(28)25-10-8-24(9-11-25)13-16-12-18(27)26-7-5-4-6-17(26)22-16/h4-7,12,14H,8-11,13H2,1-3H3. The summed E-state index contributed by atoms with van der Waals surface area (Å²) in [7, 11) is 0. The Morgan fingerprint density at radius 3 is 2.69 bits per heavy atom. The second-order valence-electron chi connectivity index (χ2n) is 7.74. The van der Waals surface area contributed by atoms with Gasteiger partial charge in [0.2, 0.25) is 0 Å². The van der Waals surface area contributed by atoms with Gasteiger partial charge >= 0.3 is 0 Å². The maximum Gasteiger partial charge on any atom is 0.259 e. The Balaban J connectivity index is 1.43. The van der Waals surface area contributed by atoms with E-state index in [0.717, 1.165) is 18.8 Å². The summed E-state index contributed by atoms with van der Waals surface area (Å²) in [5, 5.41) is 3.98. The molecular formula is C21H25N5O3. The third kappa shape index (κ3) is 3.80. The summed E-state index contributed by atoms with van der Waals surface area (Å²) in [6.07, 6.45) is 1.72. The molecule has 3 aromatic heterocycles. The molecule has 1 aliphatic rings. The SMILES string of the molecule is Cc1noc(C(C)C)c1C(=O)N1CCN(Cc2cc(=O)n3ccccc3n2)CC1. The molecule has 1 saturated heterocycles. The van der Waals surface area contributed by atoms with Crippen LogP contribution in [0.4, 0.5) is 0 Å². The number of aryl methyl sites for hydroxylation is 1. The number of amides is 1. The van der Waals surface area contributed by atoms with Crippen molar-refractivity contribution in [1.29, 1.82) is 0 Å². The Morgan fingerprint density at radius 1 is 1.21 bits per heavy atom. The molecule has 3 aromatic rings. The maximum absolute atomic E-state index is 13.0. The molecule has 0 aromatic carbocycles. The summed E-state index contributed by atoms with van der Waals surface area (Å²) in [4.78, 5) is 33.9. The fourth-order valence-electron chi connectivity index (χ4n) is 3.72. The van der Waals surface area contributed by atoms with Gasteiger partial charge in [0.15, 0.2) is 5.76 Å². The summed E-state index contributed by atoms with van der Waals surface area (Å²) in [5.41, 5.74) is 2.55. The normalized spacial score (nSPS) is 15.4. The Morgan fingerprint density at radius 2 is 1.97 bits per heavy atom. The molecule has 0 atom stereocenters. The third-order valence-electron chi connectivity index (χ3n) is 5.30. The number of aromatic nitrogens is 3. The van der Waals surface area contributed by atoms with E-state index in [1.54, 1.807) is 12.3 Å². The molecule has 0 unspecified atom stereocenters. The first-order valence-corrected chi connectivity index (χ1v) is 9.89. The average Bonchev–Trinajstić information content (AvgIpc) is 3.10. The second-order valence-corrected chi connectivity index (χ2v) is 7.74. The summed E-state index contributed by atoms with van der Waals surface area (Å²) in [6.45, 7) is 9.07. The van der Waals surface area contributed by atoms with Crippen molar-refractivity contribution in [2.24, 2.45) is 0 Å². The van der Waals surface area contributed by atoms with Crippen LogP contribution < -0.4 is 5.56 Å². The Labute approximate surface area is 168 Å². The monoisotopic (exact) mass is 395 g/mol. The first-order chi connectivity index (χ1) is 13.9. The molecule has 0 bridgehead atoms. The molecule has 0 radical (unpaired) electrons. The van der Waals surface area contributed by atoms with Gasteiger partial charge in [-0.15, -0.1) is 0 Å². The van der Waals surface area contributed by atoms with Crippen molar-refractivity contribution < 1.29 is 9.32 Å². The van der Waals surface area contributed by atoms with Crippen molar-refractivity contribution in [2.75, 3.05) is 26.2 Å². The van der Waals surface area contributed by atoms with Crippen LogP contribution >= 0.6 is 0 Å². The Bertz CT molecular complexity index is 1090. The van der Waals surface area contributed by atoms with E-state index in [2.05, 4.69) is 15.0 Å². The first kappa shape index (κ1) is 19.3. The molecule has 0 saturated carbocycles. The molecule has 0 N–H and O–H groups in total. The predicted octanol–water partition coefficient (Wildman–Crippen LogP) is 2.07. The third-order valence-corrected chi connectivity index (χ3v) is 5.30. The fraction of sp³-hybridized carbons (Fsp3) is 0.429. The van der Waals surface area contributed by atoms with Gasteiger partial charge in [0.1, 0.15) is 11.2 Å². The van der Waals surface area contributed by atoms with E-state index in [1.807, 2.05) is 43.9 Å². The highest BCUT2D eigenvalue weighted by Crippen LogP contribution is 2.24. The van der Waals surface area contributed by atoms with Gasteiger partial charge in [0, 0.05) is 50.9 Å². The van der Waals surface area contributed by atoms with Gasteiger partial charge in [-0.1, -0.05) is 25.1 Å². The largest absolute Gasteiger partial charge is 0.360 e. The minimum absolute atomic E-state index is 0.0193. The van der Waals surface area contributed by atoms with Gasteiger partial charge in [-0.25, -0.2) is 4.98 Å². The lowest BCUT2D eigenvalue weighted by molar-refractivity contribution is 0.0623. The zero-order chi connectivity index (χ0) is 20.5. The first-order valence-electron chi connectivity index (χ1n) is 9.89. The molecule has 1 aliphatic heterocycles. The van der Waals surface area contributed by atoms with E-state index in [9.17, 15) is 9.59 Å².